The van der Waals surface area contributed by atoms with E-state index >= 15 is 0 Å². The Labute approximate surface area is 185 Å². The molecule has 0 saturated heterocycles. The van der Waals surface area contributed by atoms with Gasteiger partial charge in [0.2, 0.25) is 5.91 Å². The lowest BCUT2D eigenvalue weighted by molar-refractivity contribution is -0.114. The van der Waals surface area contributed by atoms with E-state index in [4.69, 9.17) is 21.1 Å². The summed E-state index contributed by atoms with van der Waals surface area (Å²) < 4.78 is 10.4. The molecule has 3 rings (SSSR count). The van der Waals surface area contributed by atoms with E-state index in [0.717, 1.165) is 0 Å². The van der Waals surface area contributed by atoms with Crippen molar-refractivity contribution in [2.45, 2.75) is 0 Å². The van der Waals surface area contributed by atoms with Crippen LogP contribution in [0.3, 0.4) is 0 Å². The third-order valence-electron chi connectivity index (χ3n) is 4.38. The molecule has 0 unspecified atom stereocenters. The number of para-hydroxylation sites is 1. The first-order chi connectivity index (χ1) is 15.0. The maximum atomic E-state index is 12.7. The van der Waals surface area contributed by atoms with Crippen LogP contribution in [0, 0.1) is 0 Å². The molecule has 0 aliphatic rings. The van der Waals surface area contributed by atoms with E-state index in [1.807, 2.05) is 0 Å². The zero-order valence-electron chi connectivity index (χ0n) is 17.1. The van der Waals surface area contributed by atoms with E-state index in [1.54, 1.807) is 73.8 Å². The van der Waals surface area contributed by atoms with Crippen LogP contribution in [0.15, 0.2) is 66.7 Å². The summed E-state index contributed by atoms with van der Waals surface area (Å²) in [7, 11) is 3.07. The molecule has 160 valence electrons. The van der Waals surface area contributed by atoms with Gasteiger partial charge in [0.05, 0.1) is 26.3 Å². The molecule has 0 aliphatic carbocycles. The van der Waals surface area contributed by atoms with Crippen molar-refractivity contribution in [1.82, 2.24) is 0 Å². The zero-order valence-corrected chi connectivity index (χ0v) is 17.8. The smallest absolute Gasteiger partial charge is 0.257 e. The van der Waals surface area contributed by atoms with Gasteiger partial charge in [-0.05, 0) is 48.5 Å². The average molecular weight is 440 g/mol. The Hall–Kier alpha value is -3.71. The first kappa shape index (κ1) is 22.0. The Morgan fingerprint density at radius 2 is 1.52 bits per heavy atom. The molecule has 0 fully saturated rings. The Bertz CT molecular complexity index is 1070. The van der Waals surface area contributed by atoms with Crippen LogP contribution in [0.4, 0.5) is 17.1 Å². The van der Waals surface area contributed by atoms with Crippen LogP contribution in [0.5, 0.6) is 11.5 Å². The Morgan fingerprint density at radius 1 is 0.839 bits per heavy atom. The maximum Gasteiger partial charge on any atom is 0.257 e. The van der Waals surface area contributed by atoms with E-state index in [-0.39, 0.29) is 18.4 Å². The van der Waals surface area contributed by atoms with Crippen molar-refractivity contribution in [3.63, 3.8) is 0 Å². The maximum absolute atomic E-state index is 12.7. The van der Waals surface area contributed by atoms with E-state index in [2.05, 4.69) is 16.0 Å². The molecule has 3 N–H and O–H groups in total. The van der Waals surface area contributed by atoms with Gasteiger partial charge in [-0.1, -0.05) is 23.7 Å². The second-order valence-electron chi connectivity index (χ2n) is 6.48. The Balaban J connectivity index is 1.63. The van der Waals surface area contributed by atoms with Crippen molar-refractivity contribution in [3.05, 3.63) is 77.3 Å². The number of carbonyl (C=O) groups excluding carboxylic acids is 2. The highest BCUT2D eigenvalue weighted by molar-refractivity contribution is 6.30. The van der Waals surface area contributed by atoms with Gasteiger partial charge in [0, 0.05) is 28.2 Å². The number of nitrogens with one attached hydrogen (secondary N) is 3. The van der Waals surface area contributed by atoms with Crippen molar-refractivity contribution in [1.29, 1.82) is 0 Å². The van der Waals surface area contributed by atoms with Crippen molar-refractivity contribution in [3.8, 4) is 11.5 Å². The summed E-state index contributed by atoms with van der Waals surface area (Å²) in [5, 5.41) is 9.19. The van der Waals surface area contributed by atoms with Crippen molar-refractivity contribution >= 4 is 40.5 Å². The normalized spacial score (nSPS) is 10.2. The standard InChI is InChI=1S/C23H22ClN3O4/c1-30-20-12-11-17(13-21(20)31-2)26-22(28)14-25-19-6-4-3-5-18(19)23(29)27-16-9-7-15(24)8-10-16/h3-13,25H,14H2,1-2H3,(H,26,28)(H,27,29). The third-order valence-corrected chi connectivity index (χ3v) is 4.63. The number of carbonyl (C=O) groups is 2. The first-order valence-electron chi connectivity index (χ1n) is 9.42. The third kappa shape index (κ3) is 5.90. The van der Waals surface area contributed by atoms with Crippen LogP contribution in [0.1, 0.15) is 10.4 Å². The predicted octanol–water partition coefficient (Wildman–Crippen LogP) is 4.66. The molecular weight excluding hydrogens is 418 g/mol. The molecule has 0 aromatic heterocycles. The lowest BCUT2D eigenvalue weighted by Crippen LogP contribution is -2.23. The summed E-state index contributed by atoms with van der Waals surface area (Å²) in [5.74, 6) is 0.502. The van der Waals surface area contributed by atoms with Gasteiger partial charge >= 0.3 is 0 Å². The summed E-state index contributed by atoms with van der Waals surface area (Å²) in [5.41, 5.74) is 2.14. The van der Waals surface area contributed by atoms with E-state index in [9.17, 15) is 9.59 Å². The van der Waals surface area contributed by atoms with E-state index in [1.165, 1.54) is 7.11 Å². The van der Waals surface area contributed by atoms with Crippen molar-refractivity contribution < 1.29 is 19.1 Å². The number of methoxy groups -OCH3 is 2. The fraction of sp³-hybridized carbons (Fsp3) is 0.130. The van der Waals surface area contributed by atoms with Gasteiger partial charge in [-0.15, -0.1) is 0 Å². The topological polar surface area (TPSA) is 88.7 Å². The molecule has 8 heteroatoms. The van der Waals surface area contributed by atoms with Gasteiger partial charge < -0.3 is 25.4 Å². The first-order valence-corrected chi connectivity index (χ1v) is 9.79. The van der Waals surface area contributed by atoms with Crippen LogP contribution in [-0.4, -0.2) is 32.6 Å². The molecule has 0 bridgehead atoms. The van der Waals surface area contributed by atoms with Gasteiger partial charge in [-0.3, -0.25) is 9.59 Å². The molecule has 0 aliphatic heterocycles. The largest absolute Gasteiger partial charge is 0.493 e. The van der Waals surface area contributed by atoms with Crippen LogP contribution in [0.25, 0.3) is 0 Å². The average Bonchev–Trinajstić information content (AvgIpc) is 2.79. The fourth-order valence-corrected chi connectivity index (χ4v) is 2.99. The lowest BCUT2D eigenvalue weighted by atomic mass is 10.1. The number of halogens is 1. The summed E-state index contributed by atoms with van der Waals surface area (Å²) >= 11 is 5.88. The van der Waals surface area contributed by atoms with Gasteiger partial charge in [0.1, 0.15) is 0 Å². The Morgan fingerprint density at radius 3 is 2.23 bits per heavy atom. The minimum atomic E-state index is -0.300. The predicted molar refractivity (Wildman–Crippen MR) is 123 cm³/mol. The number of anilines is 3. The molecule has 3 aromatic carbocycles. The highest BCUT2D eigenvalue weighted by Gasteiger charge is 2.13. The van der Waals surface area contributed by atoms with Gasteiger partial charge in [0.25, 0.3) is 5.91 Å². The molecule has 3 aromatic rings. The molecule has 2 amide bonds. The molecular formula is C23H22ClN3O4. The second kappa shape index (κ2) is 10.4. The highest BCUT2D eigenvalue weighted by atomic mass is 35.5. The highest BCUT2D eigenvalue weighted by Crippen LogP contribution is 2.29. The lowest BCUT2D eigenvalue weighted by Gasteiger charge is -2.13. The minimum absolute atomic E-state index is 0.0282. The molecule has 31 heavy (non-hydrogen) atoms. The number of hydrogen-bond acceptors (Lipinski definition) is 5. The monoisotopic (exact) mass is 439 g/mol. The van der Waals surface area contributed by atoms with Gasteiger partial charge in [0.15, 0.2) is 11.5 Å². The molecule has 7 nitrogen and oxygen atoms in total. The number of rotatable bonds is 8. The minimum Gasteiger partial charge on any atom is -0.493 e. The summed E-state index contributed by atoms with van der Waals surface area (Å²) in [6, 6.07) is 18.9. The molecule has 0 heterocycles. The molecule has 0 spiro atoms. The Kier molecular flexibility index (Phi) is 7.35. The van der Waals surface area contributed by atoms with Crippen LogP contribution in [0.2, 0.25) is 5.02 Å². The molecule has 0 radical (unpaired) electrons. The number of benzene rings is 3. The quantitative estimate of drug-likeness (QED) is 0.475. The summed E-state index contributed by atoms with van der Waals surface area (Å²) in [4.78, 5) is 25.1. The number of hydrogen-bond donors (Lipinski definition) is 3. The summed E-state index contributed by atoms with van der Waals surface area (Å²) in [6.07, 6.45) is 0. The van der Waals surface area contributed by atoms with Crippen LogP contribution >= 0.6 is 11.6 Å². The van der Waals surface area contributed by atoms with E-state index in [0.29, 0.717) is 39.1 Å². The van der Waals surface area contributed by atoms with Crippen LogP contribution in [-0.2, 0) is 4.79 Å². The van der Waals surface area contributed by atoms with Crippen molar-refractivity contribution in [2.75, 3.05) is 36.7 Å². The summed E-state index contributed by atoms with van der Waals surface area (Å²) in [6.45, 7) is -0.0282. The molecule has 0 saturated carbocycles. The van der Waals surface area contributed by atoms with Crippen molar-refractivity contribution in [2.24, 2.45) is 0 Å². The SMILES string of the molecule is COc1ccc(NC(=O)CNc2ccccc2C(=O)Nc2ccc(Cl)cc2)cc1OC. The second-order valence-corrected chi connectivity index (χ2v) is 6.91. The number of amides is 2. The van der Waals surface area contributed by atoms with Crippen LogP contribution < -0.4 is 25.4 Å². The fourth-order valence-electron chi connectivity index (χ4n) is 2.86. The van der Waals surface area contributed by atoms with Gasteiger partial charge in [-0.25, -0.2) is 0 Å². The van der Waals surface area contributed by atoms with Gasteiger partial charge in [-0.2, -0.15) is 0 Å². The van der Waals surface area contributed by atoms with E-state index < -0.39 is 0 Å². The zero-order chi connectivity index (χ0) is 22.2. The number of ether oxygens (including phenoxy) is 2. The molecule has 0 atom stereocenters.